The number of benzene rings is 3. The van der Waals surface area contributed by atoms with Crippen LogP contribution in [0.4, 0.5) is 10.1 Å². The Morgan fingerprint density at radius 1 is 1.16 bits per heavy atom. The van der Waals surface area contributed by atoms with Crippen LogP contribution in [0.1, 0.15) is 32.2 Å². The Bertz CT molecular complexity index is 1590. The second kappa shape index (κ2) is 11.1. The molecular formula is C28H26BrFN4O4. The van der Waals surface area contributed by atoms with Gasteiger partial charge in [0.25, 0.3) is 11.5 Å². The molecule has 38 heavy (non-hydrogen) atoms. The van der Waals surface area contributed by atoms with E-state index in [1.54, 1.807) is 36.4 Å². The molecule has 3 aromatic carbocycles. The summed E-state index contributed by atoms with van der Waals surface area (Å²) in [6, 6.07) is 16.3. The topological polar surface area (TPSA) is 94.8 Å². The number of methoxy groups -OCH3 is 1. The number of hydrogen-bond acceptors (Lipinski definition) is 6. The van der Waals surface area contributed by atoms with Gasteiger partial charge in [0, 0.05) is 15.5 Å². The monoisotopic (exact) mass is 580 g/mol. The minimum atomic E-state index is -0.556. The Morgan fingerprint density at radius 3 is 2.63 bits per heavy atom. The van der Waals surface area contributed by atoms with Gasteiger partial charge in [0.05, 0.1) is 29.9 Å². The van der Waals surface area contributed by atoms with Crippen LogP contribution in [0.15, 0.2) is 75.0 Å². The van der Waals surface area contributed by atoms with E-state index < -0.39 is 23.7 Å². The number of anilines is 1. The number of carbonyl (C=O) groups is 1. The number of carbonyl (C=O) groups excluding carboxylic acids is 1. The molecule has 0 saturated heterocycles. The van der Waals surface area contributed by atoms with Gasteiger partial charge in [0.2, 0.25) is 0 Å². The number of nitrogens with one attached hydrogen (secondary N) is 1. The highest BCUT2D eigenvalue weighted by Crippen LogP contribution is 2.30. The first-order valence-corrected chi connectivity index (χ1v) is 12.5. The highest BCUT2D eigenvalue weighted by atomic mass is 79.9. The number of amides is 1. The number of hydrogen-bond donors (Lipinski definition) is 1. The molecule has 0 unspecified atom stereocenters. The third-order valence-electron chi connectivity index (χ3n) is 5.52. The van der Waals surface area contributed by atoms with Crippen LogP contribution in [0.5, 0.6) is 11.5 Å². The van der Waals surface area contributed by atoms with Crippen LogP contribution in [0.25, 0.3) is 10.9 Å². The summed E-state index contributed by atoms with van der Waals surface area (Å²) < 4.78 is 27.1. The van der Waals surface area contributed by atoms with Crippen LogP contribution in [0.2, 0.25) is 0 Å². The first kappa shape index (κ1) is 27.0. The van der Waals surface area contributed by atoms with Crippen molar-refractivity contribution in [3.63, 3.8) is 0 Å². The highest BCUT2D eigenvalue weighted by molar-refractivity contribution is 9.10. The van der Waals surface area contributed by atoms with Crippen molar-refractivity contribution in [2.24, 2.45) is 5.10 Å². The molecule has 196 valence electrons. The molecule has 0 fully saturated rings. The molecule has 0 spiro atoms. The standard InChI is InChI=1S/C28H26BrFN4O4/c1-28(2,3)27-33-21-13-12-18(29)14-19(21)26(36)34(27)31-15-17-8-7-11-23(37-4)25(17)38-16-24(35)32-22-10-6-5-9-20(22)30/h5-15H,16H2,1-4H3,(H,32,35). The molecule has 1 heterocycles. The van der Waals surface area contributed by atoms with Gasteiger partial charge in [-0.25, -0.2) is 9.37 Å². The summed E-state index contributed by atoms with van der Waals surface area (Å²) in [7, 11) is 1.47. The van der Waals surface area contributed by atoms with Gasteiger partial charge in [-0.05, 0) is 42.5 Å². The first-order chi connectivity index (χ1) is 18.1. The minimum absolute atomic E-state index is 0.0486. The molecular weight excluding hydrogens is 555 g/mol. The second-order valence-corrected chi connectivity index (χ2v) is 10.3. The Labute approximate surface area is 227 Å². The fraction of sp³-hybridized carbons (Fsp3) is 0.214. The number of para-hydroxylation sites is 2. The fourth-order valence-electron chi connectivity index (χ4n) is 3.70. The number of fused-ring (bicyclic) bond motifs is 1. The van der Waals surface area contributed by atoms with Gasteiger partial charge in [0.15, 0.2) is 18.1 Å². The number of aromatic nitrogens is 2. The zero-order valence-electron chi connectivity index (χ0n) is 21.3. The lowest BCUT2D eigenvalue weighted by Gasteiger charge is -2.21. The molecule has 1 N–H and O–H groups in total. The fourth-order valence-corrected chi connectivity index (χ4v) is 4.06. The summed E-state index contributed by atoms with van der Waals surface area (Å²) in [5.74, 6) is -0.0365. The maximum atomic E-state index is 13.9. The van der Waals surface area contributed by atoms with Crippen LogP contribution in [0, 0.1) is 5.82 Å². The van der Waals surface area contributed by atoms with Gasteiger partial charge < -0.3 is 14.8 Å². The van der Waals surface area contributed by atoms with Gasteiger partial charge in [-0.3, -0.25) is 9.59 Å². The second-order valence-electron chi connectivity index (χ2n) is 9.40. The van der Waals surface area contributed by atoms with Crippen LogP contribution < -0.4 is 20.3 Å². The SMILES string of the molecule is COc1cccc(C=Nn2c(C(C)(C)C)nc3ccc(Br)cc3c2=O)c1OCC(=O)Nc1ccccc1F. The number of nitrogens with zero attached hydrogens (tertiary/aromatic N) is 3. The molecule has 0 aliphatic heterocycles. The molecule has 0 radical (unpaired) electrons. The molecule has 4 rings (SSSR count). The average molecular weight is 581 g/mol. The smallest absolute Gasteiger partial charge is 0.282 e. The van der Waals surface area contributed by atoms with E-state index in [0.29, 0.717) is 28.0 Å². The van der Waals surface area contributed by atoms with Crippen LogP contribution in [-0.4, -0.2) is 35.5 Å². The zero-order chi connectivity index (χ0) is 27.4. The Morgan fingerprint density at radius 2 is 1.92 bits per heavy atom. The van der Waals surface area contributed by atoms with E-state index in [1.807, 2.05) is 26.8 Å². The Kier molecular flexibility index (Phi) is 7.91. The summed E-state index contributed by atoms with van der Waals surface area (Å²) >= 11 is 3.41. The van der Waals surface area contributed by atoms with Gasteiger partial charge >= 0.3 is 0 Å². The maximum absolute atomic E-state index is 13.9. The predicted molar refractivity (Wildman–Crippen MR) is 149 cm³/mol. The summed E-state index contributed by atoms with van der Waals surface area (Å²) in [5, 5.41) is 7.37. The molecule has 0 aliphatic carbocycles. The van der Waals surface area contributed by atoms with E-state index in [2.05, 4.69) is 26.3 Å². The highest BCUT2D eigenvalue weighted by Gasteiger charge is 2.23. The Hall–Kier alpha value is -4.05. The lowest BCUT2D eigenvalue weighted by Crippen LogP contribution is -2.29. The lowest BCUT2D eigenvalue weighted by molar-refractivity contribution is -0.118. The summed E-state index contributed by atoms with van der Waals surface area (Å²) in [5.41, 5.74) is 0.264. The summed E-state index contributed by atoms with van der Waals surface area (Å²) in [6.45, 7) is 5.42. The molecule has 1 aromatic heterocycles. The largest absolute Gasteiger partial charge is 0.493 e. The molecule has 1 amide bonds. The normalized spacial score (nSPS) is 11.6. The molecule has 4 aromatic rings. The van der Waals surface area contributed by atoms with Crippen LogP contribution >= 0.6 is 15.9 Å². The van der Waals surface area contributed by atoms with Crippen molar-refractivity contribution in [1.82, 2.24) is 9.66 Å². The summed E-state index contributed by atoms with van der Waals surface area (Å²) in [4.78, 5) is 30.6. The minimum Gasteiger partial charge on any atom is -0.493 e. The molecule has 0 saturated carbocycles. The van der Waals surface area contributed by atoms with Crippen molar-refractivity contribution < 1.29 is 18.7 Å². The Balaban J connectivity index is 1.69. The third-order valence-corrected chi connectivity index (χ3v) is 6.01. The van der Waals surface area contributed by atoms with Crippen molar-refractivity contribution in [1.29, 1.82) is 0 Å². The van der Waals surface area contributed by atoms with Gasteiger partial charge in [0.1, 0.15) is 11.6 Å². The van der Waals surface area contributed by atoms with E-state index in [4.69, 9.17) is 14.5 Å². The first-order valence-electron chi connectivity index (χ1n) is 11.7. The number of ether oxygens (including phenoxy) is 2. The average Bonchev–Trinajstić information content (AvgIpc) is 2.88. The third kappa shape index (κ3) is 5.91. The molecule has 0 atom stereocenters. The molecule has 8 nitrogen and oxygen atoms in total. The predicted octanol–water partition coefficient (Wildman–Crippen LogP) is 5.50. The maximum Gasteiger partial charge on any atom is 0.282 e. The van der Waals surface area contributed by atoms with Crippen molar-refractivity contribution in [3.8, 4) is 11.5 Å². The van der Waals surface area contributed by atoms with Crippen LogP contribution in [-0.2, 0) is 10.2 Å². The van der Waals surface area contributed by atoms with E-state index in [9.17, 15) is 14.0 Å². The van der Waals surface area contributed by atoms with Gasteiger partial charge in [-0.2, -0.15) is 9.78 Å². The molecule has 0 aliphatic rings. The number of rotatable bonds is 7. The van der Waals surface area contributed by atoms with Gasteiger partial charge in [-0.15, -0.1) is 0 Å². The quantitative estimate of drug-likeness (QED) is 0.291. The molecule has 0 bridgehead atoms. The van der Waals surface area contributed by atoms with Gasteiger partial charge in [-0.1, -0.05) is 54.9 Å². The van der Waals surface area contributed by atoms with Crippen molar-refractivity contribution in [3.05, 3.63) is 92.7 Å². The molecule has 10 heteroatoms. The van der Waals surface area contributed by atoms with E-state index >= 15 is 0 Å². The van der Waals surface area contributed by atoms with E-state index in [1.165, 1.54) is 36.2 Å². The van der Waals surface area contributed by atoms with E-state index in [-0.39, 0.29) is 17.0 Å². The van der Waals surface area contributed by atoms with Crippen LogP contribution in [0.3, 0.4) is 0 Å². The summed E-state index contributed by atoms with van der Waals surface area (Å²) in [6.07, 6.45) is 1.45. The van der Waals surface area contributed by atoms with E-state index in [0.717, 1.165) is 4.47 Å². The van der Waals surface area contributed by atoms with Crippen molar-refractivity contribution in [2.75, 3.05) is 19.0 Å². The lowest BCUT2D eigenvalue weighted by atomic mass is 9.95. The van der Waals surface area contributed by atoms with Crippen molar-refractivity contribution in [2.45, 2.75) is 26.2 Å². The van der Waals surface area contributed by atoms with Crippen molar-refractivity contribution >= 4 is 44.6 Å². The number of halogens is 2. The zero-order valence-corrected chi connectivity index (χ0v) is 22.9.